The molecule has 0 spiro atoms. The minimum absolute atomic E-state index is 0.337. The summed E-state index contributed by atoms with van der Waals surface area (Å²) in [6, 6.07) is 23.9. The van der Waals surface area contributed by atoms with Crippen molar-refractivity contribution in [2.45, 2.75) is 57.8 Å². The van der Waals surface area contributed by atoms with Crippen LogP contribution in [-0.2, 0) is 0 Å². The average molecular weight is 415 g/mol. The number of hydrogen-bond acceptors (Lipinski definition) is 2. The lowest BCUT2D eigenvalue weighted by atomic mass is 9.96. The van der Waals surface area contributed by atoms with Gasteiger partial charge in [-0.3, -0.25) is 0 Å². The first-order valence-corrected chi connectivity index (χ1v) is 12.0. The van der Waals surface area contributed by atoms with Crippen LogP contribution in [0.5, 0.6) is 5.75 Å². The average Bonchev–Trinajstić information content (AvgIpc) is 2.82. The number of unbranched alkanes of at least 4 members (excludes halogenated alkanes) is 8. The molecule has 0 fully saturated rings. The molecule has 31 heavy (non-hydrogen) atoms. The zero-order valence-corrected chi connectivity index (χ0v) is 18.5. The predicted molar refractivity (Wildman–Crippen MR) is 133 cm³/mol. The van der Waals surface area contributed by atoms with Crippen LogP contribution in [0.3, 0.4) is 0 Å². The highest BCUT2D eigenvalue weighted by Crippen LogP contribution is 2.35. The molecule has 1 N–H and O–H groups in total. The molecule has 0 saturated carbocycles. The summed E-state index contributed by atoms with van der Waals surface area (Å²) in [5.74, 6) is 0.996. The van der Waals surface area contributed by atoms with Gasteiger partial charge < -0.3 is 9.84 Å². The molecule has 4 rings (SSSR count). The van der Waals surface area contributed by atoms with E-state index in [0.29, 0.717) is 6.61 Å². The summed E-state index contributed by atoms with van der Waals surface area (Å²) in [7, 11) is 0. The van der Waals surface area contributed by atoms with Crippen molar-refractivity contribution in [3.05, 3.63) is 66.7 Å². The van der Waals surface area contributed by atoms with E-state index in [2.05, 4.69) is 66.7 Å². The van der Waals surface area contributed by atoms with Gasteiger partial charge in [-0.15, -0.1) is 0 Å². The molecule has 2 heteroatoms. The predicted octanol–water partition coefficient (Wildman–Crippen LogP) is 8.03. The number of aliphatic hydroxyl groups excluding tert-OH is 1. The van der Waals surface area contributed by atoms with Crippen LogP contribution in [-0.4, -0.2) is 18.3 Å². The molecule has 0 aliphatic carbocycles. The van der Waals surface area contributed by atoms with Gasteiger partial charge in [0.25, 0.3) is 0 Å². The van der Waals surface area contributed by atoms with E-state index in [0.717, 1.165) is 25.2 Å². The fourth-order valence-corrected chi connectivity index (χ4v) is 4.59. The van der Waals surface area contributed by atoms with Crippen LogP contribution in [0, 0.1) is 0 Å². The third kappa shape index (κ3) is 5.37. The van der Waals surface area contributed by atoms with Crippen molar-refractivity contribution in [2.75, 3.05) is 13.2 Å². The maximum atomic E-state index is 8.81. The van der Waals surface area contributed by atoms with E-state index in [1.54, 1.807) is 0 Å². The Morgan fingerprint density at radius 1 is 0.516 bits per heavy atom. The van der Waals surface area contributed by atoms with Gasteiger partial charge in [-0.2, -0.15) is 0 Å². The smallest absolute Gasteiger partial charge is 0.127 e. The van der Waals surface area contributed by atoms with Crippen LogP contribution in [0.25, 0.3) is 32.3 Å². The molecule has 4 aromatic carbocycles. The standard InChI is InChI=1S/C29H34O2/c30-21-10-6-4-2-1-3-5-7-11-22-31-28-16-12-15-27-26(28)20-19-24-18-17-23-13-8-9-14-25(23)29(24)27/h8-9,12-20,30H,1-7,10-11,21-22H2. The molecule has 0 saturated heterocycles. The summed E-state index contributed by atoms with van der Waals surface area (Å²) in [6.07, 6.45) is 10.9. The van der Waals surface area contributed by atoms with Gasteiger partial charge in [0, 0.05) is 12.0 Å². The van der Waals surface area contributed by atoms with Gasteiger partial charge >= 0.3 is 0 Å². The fourth-order valence-electron chi connectivity index (χ4n) is 4.59. The number of aliphatic hydroxyl groups is 1. The van der Waals surface area contributed by atoms with Crippen LogP contribution in [0.2, 0.25) is 0 Å². The van der Waals surface area contributed by atoms with Gasteiger partial charge in [0.15, 0.2) is 0 Å². The largest absolute Gasteiger partial charge is 0.493 e. The zero-order valence-electron chi connectivity index (χ0n) is 18.5. The number of ether oxygens (including phenoxy) is 1. The van der Waals surface area contributed by atoms with Crippen molar-refractivity contribution < 1.29 is 9.84 Å². The number of fused-ring (bicyclic) bond motifs is 5. The van der Waals surface area contributed by atoms with Crippen LogP contribution in [0.15, 0.2) is 66.7 Å². The van der Waals surface area contributed by atoms with E-state index in [1.165, 1.54) is 77.3 Å². The van der Waals surface area contributed by atoms with Gasteiger partial charge in [0.2, 0.25) is 0 Å². The minimum atomic E-state index is 0.337. The molecule has 0 atom stereocenters. The van der Waals surface area contributed by atoms with Gasteiger partial charge in [0.05, 0.1) is 6.61 Å². The van der Waals surface area contributed by atoms with E-state index in [4.69, 9.17) is 9.84 Å². The number of hydrogen-bond donors (Lipinski definition) is 1. The summed E-state index contributed by atoms with van der Waals surface area (Å²) in [5.41, 5.74) is 0. The van der Waals surface area contributed by atoms with Crippen molar-refractivity contribution in [3.63, 3.8) is 0 Å². The summed E-state index contributed by atoms with van der Waals surface area (Å²) < 4.78 is 6.23. The highest BCUT2D eigenvalue weighted by atomic mass is 16.5. The third-order valence-corrected chi connectivity index (χ3v) is 6.29. The van der Waals surface area contributed by atoms with Crippen molar-refractivity contribution in [1.82, 2.24) is 0 Å². The first-order valence-electron chi connectivity index (χ1n) is 12.0. The molecule has 0 radical (unpaired) electrons. The van der Waals surface area contributed by atoms with E-state index in [-0.39, 0.29) is 0 Å². The topological polar surface area (TPSA) is 29.5 Å². The number of rotatable bonds is 12. The Morgan fingerprint density at radius 3 is 1.97 bits per heavy atom. The molecule has 0 heterocycles. The molecular formula is C29H34O2. The fraction of sp³-hybridized carbons (Fsp3) is 0.379. The van der Waals surface area contributed by atoms with E-state index < -0.39 is 0 Å². The second-order valence-corrected chi connectivity index (χ2v) is 8.56. The lowest BCUT2D eigenvalue weighted by molar-refractivity contribution is 0.282. The molecule has 162 valence electrons. The van der Waals surface area contributed by atoms with Crippen molar-refractivity contribution in [3.8, 4) is 5.75 Å². The second-order valence-electron chi connectivity index (χ2n) is 8.56. The van der Waals surface area contributed by atoms with Gasteiger partial charge in [0.1, 0.15) is 5.75 Å². The van der Waals surface area contributed by atoms with E-state index in [9.17, 15) is 0 Å². The molecule has 0 unspecified atom stereocenters. The molecule has 0 bridgehead atoms. The Hall–Kier alpha value is -2.58. The molecule has 0 aromatic heterocycles. The lowest BCUT2D eigenvalue weighted by Crippen LogP contribution is -1.98. The van der Waals surface area contributed by atoms with Crippen molar-refractivity contribution in [2.24, 2.45) is 0 Å². The minimum Gasteiger partial charge on any atom is -0.493 e. The van der Waals surface area contributed by atoms with Gasteiger partial charge in [-0.25, -0.2) is 0 Å². The molecule has 4 aromatic rings. The Labute approximate surface area is 185 Å². The lowest BCUT2D eigenvalue weighted by Gasteiger charge is -2.12. The summed E-state index contributed by atoms with van der Waals surface area (Å²) >= 11 is 0. The van der Waals surface area contributed by atoms with Crippen LogP contribution in [0.1, 0.15) is 57.8 Å². The highest BCUT2D eigenvalue weighted by Gasteiger charge is 2.08. The monoisotopic (exact) mass is 414 g/mol. The SMILES string of the molecule is OCCCCCCCCCCCOc1cccc2c1ccc1ccc3ccccc3c12. The van der Waals surface area contributed by atoms with Gasteiger partial charge in [-0.05, 0) is 45.8 Å². The Kier molecular flexibility index (Phi) is 7.79. The van der Waals surface area contributed by atoms with Crippen molar-refractivity contribution in [1.29, 1.82) is 0 Å². The first-order chi connectivity index (χ1) is 15.4. The van der Waals surface area contributed by atoms with Crippen LogP contribution < -0.4 is 4.74 Å². The van der Waals surface area contributed by atoms with E-state index in [1.807, 2.05) is 0 Å². The van der Waals surface area contributed by atoms with Crippen LogP contribution in [0.4, 0.5) is 0 Å². The maximum Gasteiger partial charge on any atom is 0.127 e. The normalized spacial score (nSPS) is 11.5. The summed E-state index contributed by atoms with van der Waals surface area (Å²) in [6.45, 7) is 1.12. The molecule has 2 nitrogen and oxygen atoms in total. The Balaban J connectivity index is 1.35. The molecule has 0 amide bonds. The first kappa shape index (κ1) is 21.6. The van der Waals surface area contributed by atoms with Crippen molar-refractivity contribution >= 4 is 32.3 Å². The van der Waals surface area contributed by atoms with Gasteiger partial charge in [-0.1, -0.05) is 106 Å². The Bertz CT molecular complexity index is 1120. The van der Waals surface area contributed by atoms with Crippen LogP contribution >= 0.6 is 0 Å². The molecular weight excluding hydrogens is 380 g/mol. The quantitative estimate of drug-likeness (QED) is 0.188. The second kappa shape index (κ2) is 11.2. The molecule has 0 aliphatic heterocycles. The molecule has 0 aliphatic rings. The number of benzene rings is 4. The summed E-state index contributed by atoms with van der Waals surface area (Å²) in [4.78, 5) is 0. The summed E-state index contributed by atoms with van der Waals surface area (Å²) in [5, 5.41) is 16.5. The Morgan fingerprint density at radius 2 is 1.16 bits per heavy atom. The van der Waals surface area contributed by atoms with E-state index >= 15 is 0 Å². The highest BCUT2D eigenvalue weighted by molar-refractivity contribution is 6.20. The zero-order chi connectivity index (χ0) is 21.3. The maximum absolute atomic E-state index is 8.81. The third-order valence-electron chi connectivity index (χ3n) is 6.29.